The lowest BCUT2D eigenvalue weighted by Gasteiger charge is -2.21. The van der Waals surface area contributed by atoms with Crippen molar-refractivity contribution >= 4 is 17.7 Å². The van der Waals surface area contributed by atoms with Crippen LogP contribution in [0.3, 0.4) is 0 Å². The molecule has 2 aromatic carbocycles. The lowest BCUT2D eigenvalue weighted by atomic mass is 10.0. The van der Waals surface area contributed by atoms with Crippen LogP contribution in [0, 0.1) is 6.92 Å². The molecule has 0 saturated heterocycles. The molecular formula is C21H25N5OS. The summed E-state index contributed by atoms with van der Waals surface area (Å²) < 4.78 is 1.66. The molecule has 0 unspecified atom stereocenters. The molecule has 1 heterocycles. The van der Waals surface area contributed by atoms with Crippen molar-refractivity contribution in [3.05, 3.63) is 65.7 Å². The normalized spacial score (nSPS) is 13.1. The highest BCUT2D eigenvalue weighted by Gasteiger charge is 2.22. The number of carbonyl (C=O) groups is 1. The number of hydrogen-bond acceptors (Lipinski definition) is 5. The maximum Gasteiger partial charge on any atom is 0.233 e. The van der Waals surface area contributed by atoms with Crippen molar-refractivity contribution in [2.24, 2.45) is 0 Å². The summed E-state index contributed by atoms with van der Waals surface area (Å²) in [6.07, 6.45) is 1.89. The van der Waals surface area contributed by atoms with Crippen molar-refractivity contribution in [1.29, 1.82) is 0 Å². The zero-order chi connectivity index (χ0) is 19.9. The molecule has 3 aromatic rings. The number of nitrogens with one attached hydrogen (secondary N) is 1. The summed E-state index contributed by atoms with van der Waals surface area (Å²) in [5.41, 5.74) is 3.17. The summed E-state index contributed by atoms with van der Waals surface area (Å²) in [4.78, 5) is 12.8. The Morgan fingerprint density at radius 3 is 2.54 bits per heavy atom. The Bertz CT molecular complexity index is 895. The van der Waals surface area contributed by atoms with Crippen LogP contribution in [0.5, 0.6) is 0 Å². The topological polar surface area (TPSA) is 72.7 Å². The zero-order valence-electron chi connectivity index (χ0n) is 16.4. The number of aryl methyl sites for hydroxylation is 1. The van der Waals surface area contributed by atoms with E-state index in [1.165, 1.54) is 17.3 Å². The Balaban J connectivity index is 1.69. The number of tetrazole rings is 1. The lowest BCUT2D eigenvalue weighted by Crippen LogP contribution is -2.34. The van der Waals surface area contributed by atoms with Gasteiger partial charge in [-0.05, 0) is 48.4 Å². The average molecular weight is 396 g/mol. The number of carbonyl (C=O) groups excluding carboxylic acids is 1. The van der Waals surface area contributed by atoms with Gasteiger partial charge in [-0.15, -0.1) is 5.10 Å². The van der Waals surface area contributed by atoms with Crippen LogP contribution in [0.4, 0.5) is 0 Å². The van der Waals surface area contributed by atoms with Crippen LogP contribution >= 0.6 is 11.8 Å². The first kappa shape index (κ1) is 20.1. The summed E-state index contributed by atoms with van der Waals surface area (Å²) in [7, 11) is 0. The van der Waals surface area contributed by atoms with Crippen molar-refractivity contribution in [3.8, 4) is 5.69 Å². The zero-order valence-corrected chi connectivity index (χ0v) is 17.2. The third-order valence-corrected chi connectivity index (χ3v) is 5.50. The molecule has 0 aliphatic rings. The lowest BCUT2D eigenvalue weighted by molar-refractivity contribution is -0.121. The Hall–Kier alpha value is -2.67. The smallest absolute Gasteiger partial charge is 0.233 e. The molecule has 1 amide bonds. The van der Waals surface area contributed by atoms with Crippen LogP contribution in [0.15, 0.2) is 59.8 Å². The summed E-state index contributed by atoms with van der Waals surface area (Å²) in [6, 6.07) is 18.0. The van der Waals surface area contributed by atoms with Gasteiger partial charge < -0.3 is 5.32 Å². The van der Waals surface area contributed by atoms with Crippen molar-refractivity contribution in [2.45, 2.75) is 50.1 Å². The first-order chi connectivity index (χ1) is 13.6. The fourth-order valence-electron chi connectivity index (χ4n) is 2.90. The first-order valence-corrected chi connectivity index (χ1v) is 10.3. The first-order valence-electron chi connectivity index (χ1n) is 9.46. The van der Waals surface area contributed by atoms with Gasteiger partial charge in [0.05, 0.1) is 17.0 Å². The molecule has 0 aliphatic heterocycles. The van der Waals surface area contributed by atoms with Crippen LogP contribution in [0.2, 0.25) is 0 Å². The third-order valence-electron chi connectivity index (χ3n) is 4.47. The van der Waals surface area contributed by atoms with Gasteiger partial charge in [-0.2, -0.15) is 4.68 Å². The Labute approximate surface area is 169 Å². The second-order valence-corrected chi connectivity index (χ2v) is 8.04. The van der Waals surface area contributed by atoms with Gasteiger partial charge in [0.1, 0.15) is 0 Å². The molecule has 0 aliphatic carbocycles. The number of amides is 1. The largest absolute Gasteiger partial charge is 0.348 e. The SMILES string of the molecule is CCC[C@@H](NC(=O)[C@@H](C)Sc1nnnn1-c1ccc(C)cc1)c1ccccc1. The Kier molecular flexibility index (Phi) is 6.81. The minimum absolute atomic E-state index is 0.00911. The van der Waals surface area contributed by atoms with Crippen LogP contribution in [0.1, 0.15) is 43.9 Å². The molecule has 1 aromatic heterocycles. The predicted molar refractivity (Wildman–Crippen MR) is 111 cm³/mol. The Morgan fingerprint density at radius 1 is 1.14 bits per heavy atom. The van der Waals surface area contributed by atoms with Crippen LogP contribution in [-0.2, 0) is 4.79 Å². The minimum atomic E-state index is -0.321. The van der Waals surface area contributed by atoms with Crippen molar-refractivity contribution in [2.75, 3.05) is 0 Å². The van der Waals surface area contributed by atoms with Gasteiger partial charge in [0.2, 0.25) is 11.1 Å². The highest BCUT2D eigenvalue weighted by Crippen LogP contribution is 2.25. The standard InChI is InChI=1S/C21H25N5OS/c1-4-8-19(17-9-6-5-7-10-17)22-20(27)16(3)28-21-23-24-25-26(21)18-13-11-15(2)12-14-18/h5-7,9-14,16,19H,4,8H2,1-3H3,(H,22,27)/t16-,19-/m1/s1. The highest BCUT2D eigenvalue weighted by molar-refractivity contribution is 8.00. The second-order valence-electron chi connectivity index (χ2n) is 6.73. The van der Waals surface area contributed by atoms with Gasteiger partial charge >= 0.3 is 0 Å². The van der Waals surface area contributed by atoms with E-state index in [1.807, 2.05) is 56.3 Å². The van der Waals surface area contributed by atoms with E-state index < -0.39 is 0 Å². The van der Waals surface area contributed by atoms with E-state index in [-0.39, 0.29) is 17.2 Å². The van der Waals surface area contributed by atoms with Gasteiger partial charge in [-0.1, -0.05) is 73.1 Å². The predicted octanol–water partition coefficient (Wildman–Crippen LogP) is 4.11. The minimum Gasteiger partial charge on any atom is -0.348 e. The van der Waals surface area contributed by atoms with Crippen molar-refractivity contribution in [1.82, 2.24) is 25.5 Å². The van der Waals surface area contributed by atoms with Gasteiger partial charge in [-0.3, -0.25) is 4.79 Å². The van der Waals surface area contributed by atoms with Crippen LogP contribution in [-0.4, -0.2) is 31.4 Å². The van der Waals surface area contributed by atoms with E-state index in [0.717, 1.165) is 24.1 Å². The summed E-state index contributed by atoms with van der Waals surface area (Å²) in [6.45, 7) is 6.03. The molecule has 146 valence electrons. The third kappa shape index (κ3) is 4.98. The molecule has 2 atom stereocenters. The number of aromatic nitrogens is 4. The van der Waals surface area contributed by atoms with Crippen molar-refractivity contribution < 1.29 is 4.79 Å². The molecule has 7 heteroatoms. The number of hydrogen-bond donors (Lipinski definition) is 1. The van der Waals surface area contributed by atoms with E-state index in [2.05, 4.69) is 39.9 Å². The highest BCUT2D eigenvalue weighted by atomic mass is 32.2. The molecule has 0 radical (unpaired) electrons. The van der Waals surface area contributed by atoms with E-state index in [1.54, 1.807) is 4.68 Å². The number of thioether (sulfide) groups is 1. The second kappa shape index (κ2) is 9.50. The molecule has 0 saturated carbocycles. The molecule has 1 N–H and O–H groups in total. The molecule has 0 fully saturated rings. The maximum absolute atomic E-state index is 12.8. The molecule has 0 spiro atoms. The molecular weight excluding hydrogens is 370 g/mol. The quantitative estimate of drug-likeness (QED) is 0.581. The van der Waals surface area contributed by atoms with Crippen molar-refractivity contribution in [3.63, 3.8) is 0 Å². The van der Waals surface area contributed by atoms with Gasteiger partial charge in [0.15, 0.2) is 0 Å². The number of nitrogens with zero attached hydrogens (tertiary/aromatic N) is 4. The number of benzene rings is 2. The Morgan fingerprint density at radius 2 is 1.86 bits per heavy atom. The number of rotatable bonds is 8. The monoisotopic (exact) mass is 395 g/mol. The summed E-state index contributed by atoms with van der Waals surface area (Å²) in [5, 5.41) is 15.4. The van der Waals surface area contributed by atoms with E-state index >= 15 is 0 Å². The summed E-state index contributed by atoms with van der Waals surface area (Å²) in [5.74, 6) is -0.0224. The fraction of sp³-hybridized carbons (Fsp3) is 0.333. The van der Waals surface area contributed by atoms with Gasteiger partial charge in [0.25, 0.3) is 0 Å². The van der Waals surface area contributed by atoms with E-state index in [4.69, 9.17) is 0 Å². The molecule has 28 heavy (non-hydrogen) atoms. The maximum atomic E-state index is 12.8. The molecule has 3 rings (SSSR count). The van der Waals surface area contributed by atoms with E-state index in [0.29, 0.717) is 5.16 Å². The van der Waals surface area contributed by atoms with E-state index in [9.17, 15) is 4.79 Å². The fourth-order valence-corrected chi connectivity index (χ4v) is 3.71. The van der Waals surface area contributed by atoms with Crippen LogP contribution < -0.4 is 5.32 Å². The molecule has 0 bridgehead atoms. The average Bonchev–Trinajstić information content (AvgIpc) is 3.17. The van der Waals surface area contributed by atoms with Gasteiger partial charge in [-0.25, -0.2) is 0 Å². The summed E-state index contributed by atoms with van der Waals surface area (Å²) >= 11 is 1.35. The van der Waals surface area contributed by atoms with Gasteiger partial charge in [0, 0.05) is 0 Å². The molecule has 6 nitrogen and oxygen atoms in total. The van der Waals surface area contributed by atoms with Crippen LogP contribution in [0.25, 0.3) is 5.69 Å².